The molecule has 28 heavy (non-hydrogen) atoms. The number of hydrogen-bond donors (Lipinski definition) is 1. The Hall–Kier alpha value is -3.36. The molecular weight excluding hydrogens is 348 g/mol. The molecule has 0 radical (unpaired) electrons. The minimum atomic E-state index is 0.147. The van der Waals surface area contributed by atoms with Gasteiger partial charge in [0.2, 0.25) is 0 Å². The van der Waals surface area contributed by atoms with E-state index in [1.807, 2.05) is 54.9 Å². The highest BCUT2D eigenvalue weighted by atomic mass is 16.5. The first kappa shape index (κ1) is 18.0. The van der Waals surface area contributed by atoms with E-state index in [0.29, 0.717) is 19.0 Å². The third kappa shape index (κ3) is 3.55. The molecule has 0 saturated heterocycles. The van der Waals surface area contributed by atoms with Gasteiger partial charge in [-0.1, -0.05) is 55.2 Å². The zero-order valence-electron chi connectivity index (χ0n) is 15.8. The Kier molecular flexibility index (Phi) is 5.22. The van der Waals surface area contributed by atoms with Crippen LogP contribution in [0.15, 0.2) is 60.9 Å². The predicted molar refractivity (Wildman–Crippen MR) is 113 cm³/mol. The zero-order chi connectivity index (χ0) is 19.3. The van der Waals surface area contributed by atoms with Crippen molar-refractivity contribution in [2.45, 2.75) is 19.4 Å². The van der Waals surface area contributed by atoms with Gasteiger partial charge in [0.25, 0.3) is 0 Å². The summed E-state index contributed by atoms with van der Waals surface area (Å²) in [7, 11) is 0. The molecule has 4 aromatic rings. The molecule has 4 rings (SSSR count). The molecule has 0 unspecified atom stereocenters. The van der Waals surface area contributed by atoms with E-state index >= 15 is 0 Å². The second kappa shape index (κ2) is 8.12. The molecule has 0 saturated carbocycles. The maximum atomic E-state index is 6.14. The van der Waals surface area contributed by atoms with Crippen LogP contribution in [0.1, 0.15) is 24.9 Å². The van der Waals surface area contributed by atoms with Crippen molar-refractivity contribution in [1.29, 1.82) is 0 Å². The Morgan fingerprint density at radius 3 is 2.71 bits per heavy atom. The van der Waals surface area contributed by atoms with Crippen LogP contribution in [-0.2, 0) is 4.74 Å². The summed E-state index contributed by atoms with van der Waals surface area (Å²) in [6, 6.07) is 18.1. The number of fused-ring (bicyclic) bond motifs is 3. The van der Waals surface area contributed by atoms with Crippen LogP contribution < -0.4 is 5.73 Å². The van der Waals surface area contributed by atoms with Crippen molar-refractivity contribution in [2.75, 3.05) is 18.9 Å². The first-order valence-electron chi connectivity index (χ1n) is 9.40. The van der Waals surface area contributed by atoms with E-state index in [-0.39, 0.29) is 6.04 Å². The van der Waals surface area contributed by atoms with Crippen LogP contribution in [0.4, 0.5) is 5.82 Å². The molecular formula is C23H22N4O. The van der Waals surface area contributed by atoms with Crippen molar-refractivity contribution in [1.82, 2.24) is 14.5 Å². The molecule has 0 aliphatic rings. The monoisotopic (exact) mass is 370 g/mol. The maximum Gasteiger partial charge on any atom is 0.152 e. The Balaban J connectivity index is 1.55. The first-order chi connectivity index (χ1) is 13.8. The molecule has 0 amide bonds. The van der Waals surface area contributed by atoms with Gasteiger partial charge < -0.3 is 15.0 Å². The Bertz CT molecular complexity index is 1160. The van der Waals surface area contributed by atoms with Gasteiger partial charge in [-0.25, -0.2) is 9.97 Å². The molecule has 140 valence electrons. The number of para-hydroxylation sites is 1. The summed E-state index contributed by atoms with van der Waals surface area (Å²) in [5.74, 6) is 6.64. The maximum absolute atomic E-state index is 6.14. The average molecular weight is 370 g/mol. The number of rotatable bonds is 5. The Morgan fingerprint density at radius 2 is 1.89 bits per heavy atom. The Morgan fingerprint density at radius 1 is 1.11 bits per heavy atom. The number of benzene rings is 2. The second-order valence-electron chi connectivity index (χ2n) is 6.61. The van der Waals surface area contributed by atoms with E-state index in [1.54, 1.807) is 0 Å². The SMILES string of the molecule is CC[C@H](COCC#Cc1ccccc1)n1cnc2c(N)nc3ccccc3c21. The van der Waals surface area contributed by atoms with E-state index in [2.05, 4.69) is 39.4 Å². The van der Waals surface area contributed by atoms with Crippen molar-refractivity contribution >= 4 is 27.8 Å². The minimum absolute atomic E-state index is 0.147. The molecule has 0 bridgehead atoms. The van der Waals surface area contributed by atoms with E-state index in [9.17, 15) is 0 Å². The fourth-order valence-corrected chi connectivity index (χ4v) is 3.35. The Labute approximate surface area is 164 Å². The number of ether oxygens (including phenoxy) is 1. The van der Waals surface area contributed by atoms with Crippen LogP contribution in [-0.4, -0.2) is 27.7 Å². The summed E-state index contributed by atoms with van der Waals surface area (Å²) in [5.41, 5.74) is 9.75. The van der Waals surface area contributed by atoms with Crippen LogP contribution in [0.3, 0.4) is 0 Å². The summed E-state index contributed by atoms with van der Waals surface area (Å²) >= 11 is 0. The molecule has 5 nitrogen and oxygen atoms in total. The molecule has 2 aromatic carbocycles. The van der Waals surface area contributed by atoms with Crippen molar-refractivity contribution in [3.8, 4) is 11.8 Å². The van der Waals surface area contributed by atoms with Gasteiger partial charge in [0.15, 0.2) is 5.82 Å². The minimum Gasteiger partial charge on any atom is -0.382 e. The number of hydrogen-bond acceptors (Lipinski definition) is 4. The third-order valence-electron chi connectivity index (χ3n) is 4.79. The van der Waals surface area contributed by atoms with Gasteiger partial charge in [-0.15, -0.1) is 0 Å². The zero-order valence-corrected chi connectivity index (χ0v) is 15.8. The van der Waals surface area contributed by atoms with Crippen molar-refractivity contribution in [3.63, 3.8) is 0 Å². The summed E-state index contributed by atoms with van der Waals surface area (Å²) in [6.45, 7) is 3.09. The van der Waals surface area contributed by atoms with Gasteiger partial charge >= 0.3 is 0 Å². The molecule has 0 fully saturated rings. The van der Waals surface area contributed by atoms with E-state index < -0.39 is 0 Å². The number of imidazole rings is 1. The molecule has 2 N–H and O–H groups in total. The molecule has 2 heterocycles. The summed E-state index contributed by atoms with van der Waals surface area (Å²) in [4.78, 5) is 8.98. The largest absolute Gasteiger partial charge is 0.382 e. The summed E-state index contributed by atoms with van der Waals surface area (Å²) < 4.78 is 8.01. The van der Waals surface area contributed by atoms with Crippen molar-refractivity contribution < 1.29 is 4.74 Å². The van der Waals surface area contributed by atoms with Gasteiger partial charge in [0.05, 0.1) is 30.0 Å². The second-order valence-corrected chi connectivity index (χ2v) is 6.61. The quantitative estimate of drug-likeness (QED) is 0.423. The lowest BCUT2D eigenvalue weighted by atomic mass is 10.1. The smallest absolute Gasteiger partial charge is 0.152 e. The molecule has 0 aliphatic carbocycles. The molecule has 5 heteroatoms. The average Bonchev–Trinajstić information content (AvgIpc) is 3.17. The van der Waals surface area contributed by atoms with Crippen LogP contribution in [0.2, 0.25) is 0 Å². The lowest BCUT2D eigenvalue weighted by Crippen LogP contribution is -2.14. The number of aromatic nitrogens is 3. The normalized spacial score (nSPS) is 12.0. The highest BCUT2D eigenvalue weighted by Gasteiger charge is 2.17. The number of nitrogens with two attached hydrogens (primary N) is 1. The fourth-order valence-electron chi connectivity index (χ4n) is 3.35. The van der Waals surface area contributed by atoms with Crippen molar-refractivity contribution in [2.24, 2.45) is 0 Å². The van der Waals surface area contributed by atoms with Crippen LogP contribution in [0.5, 0.6) is 0 Å². The summed E-state index contributed by atoms with van der Waals surface area (Å²) in [5, 5.41) is 1.05. The van der Waals surface area contributed by atoms with Crippen LogP contribution in [0, 0.1) is 11.8 Å². The molecule has 0 spiro atoms. The van der Waals surface area contributed by atoms with E-state index in [0.717, 1.165) is 33.9 Å². The van der Waals surface area contributed by atoms with Gasteiger partial charge in [-0.3, -0.25) is 0 Å². The number of nitrogens with zero attached hydrogens (tertiary/aromatic N) is 3. The van der Waals surface area contributed by atoms with Gasteiger partial charge in [-0.2, -0.15) is 0 Å². The predicted octanol–water partition coefficient (Wildman–Crippen LogP) is 4.19. The molecule has 0 aliphatic heterocycles. The third-order valence-corrected chi connectivity index (χ3v) is 4.79. The van der Waals surface area contributed by atoms with Gasteiger partial charge in [0.1, 0.15) is 12.1 Å². The highest BCUT2D eigenvalue weighted by Crippen LogP contribution is 2.29. The van der Waals surface area contributed by atoms with Crippen molar-refractivity contribution in [3.05, 3.63) is 66.5 Å². The lowest BCUT2D eigenvalue weighted by Gasteiger charge is -2.18. The number of anilines is 1. The number of pyridine rings is 1. The fraction of sp³-hybridized carbons (Fsp3) is 0.217. The van der Waals surface area contributed by atoms with Crippen LogP contribution in [0.25, 0.3) is 21.9 Å². The molecule has 2 aromatic heterocycles. The van der Waals surface area contributed by atoms with Gasteiger partial charge in [-0.05, 0) is 24.6 Å². The van der Waals surface area contributed by atoms with Crippen LogP contribution >= 0.6 is 0 Å². The van der Waals surface area contributed by atoms with E-state index in [1.165, 1.54) is 0 Å². The lowest BCUT2D eigenvalue weighted by molar-refractivity contribution is 0.129. The van der Waals surface area contributed by atoms with Gasteiger partial charge in [0, 0.05) is 10.9 Å². The molecule has 1 atom stereocenters. The number of nitrogen functional groups attached to an aromatic ring is 1. The topological polar surface area (TPSA) is 66.0 Å². The summed E-state index contributed by atoms with van der Waals surface area (Å²) in [6.07, 6.45) is 2.75. The van der Waals surface area contributed by atoms with E-state index in [4.69, 9.17) is 10.5 Å². The standard InChI is InChI=1S/C23H22N4O/c1-2-18(15-28-14-8-11-17-9-4-3-5-10-17)27-16-25-21-22(27)19-12-6-7-13-20(19)26-23(21)24/h3-7,9-10,12-13,16,18H,2,14-15H2,1H3,(H2,24,26)/t18-/m1/s1. The first-order valence-corrected chi connectivity index (χ1v) is 9.40. The highest BCUT2D eigenvalue weighted by molar-refractivity contribution is 6.06.